The molecule has 1 rings (SSSR count). The summed E-state index contributed by atoms with van der Waals surface area (Å²) in [5.74, 6) is 2.43. The van der Waals surface area contributed by atoms with Crippen LogP contribution in [0, 0.1) is 12.3 Å². The van der Waals surface area contributed by atoms with Gasteiger partial charge in [-0.1, -0.05) is 36.3 Å². The van der Waals surface area contributed by atoms with Crippen LogP contribution in [-0.2, 0) is 5.54 Å². The van der Waals surface area contributed by atoms with Gasteiger partial charge in [-0.05, 0) is 12.5 Å². The fraction of sp³-hybridized carbons (Fsp3) is 0.182. The first kappa shape index (κ1) is 10.1. The Morgan fingerprint density at radius 1 is 1.50 bits per heavy atom. The van der Waals surface area contributed by atoms with E-state index in [1.54, 1.807) is 19.1 Å². The molecular formula is C11H11NO2. The van der Waals surface area contributed by atoms with Gasteiger partial charge in [-0.3, -0.25) is 0 Å². The number of rotatable bonds is 2. The maximum absolute atomic E-state index is 10.5. The van der Waals surface area contributed by atoms with Crippen molar-refractivity contribution in [2.24, 2.45) is 0 Å². The summed E-state index contributed by atoms with van der Waals surface area (Å²) in [6, 6.07) is 9.05. The highest BCUT2D eigenvalue weighted by atomic mass is 16.4. The molecule has 0 fully saturated rings. The molecule has 0 aromatic heterocycles. The van der Waals surface area contributed by atoms with Gasteiger partial charge in [-0.15, -0.1) is 6.42 Å². The second kappa shape index (κ2) is 3.84. The summed E-state index contributed by atoms with van der Waals surface area (Å²) in [6.07, 6.45) is 4.18. The van der Waals surface area contributed by atoms with Crippen LogP contribution >= 0.6 is 0 Å². The lowest BCUT2D eigenvalue weighted by atomic mass is 9.93. The van der Waals surface area contributed by atoms with Crippen LogP contribution in [0.15, 0.2) is 30.3 Å². The van der Waals surface area contributed by atoms with E-state index >= 15 is 0 Å². The largest absolute Gasteiger partial charge is 0.465 e. The summed E-state index contributed by atoms with van der Waals surface area (Å²) < 4.78 is 0. The van der Waals surface area contributed by atoms with Gasteiger partial charge in [0.1, 0.15) is 5.54 Å². The Kier molecular flexibility index (Phi) is 2.78. The van der Waals surface area contributed by atoms with Crippen LogP contribution in [0.25, 0.3) is 0 Å². The van der Waals surface area contributed by atoms with Crippen LogP contribution in [0.1, 0.15) is 12.5 Å². The Labute approximate surface area is 82.8 Å². The fourth-order valence-electron chi connectivity index (χ4n) is 1.18. The lowest BCUT2D eigenvalue weighted by Crippen LogP contribution is -2.41. The molecule has 0 saturated heterocycles. The Morgan fingerprint density at radius 3 is 2.50 bits per heavy atom. The van der Waals surface area contributed by atoms with Crippen LogP contribution in [0.5, 0.6) is 0 Å². The smallest absolute Gasteiger partial charge is 0.406 e. The predicted molar refractivity (Wildman–Crippen MR) is 53.8 cm³/mol. The maximum atomic E-state index is 10.5. The van der Waals surface area contributed by atoms with E-state index in [4.69, 9.17) is 11.5 Å². The summed E-state index contributed by atoms with van der Waals surface area (Å²) in [7, 11) is 0. The van der Waals surface area contributed by atoms with Gasteiger partial charge in [0, 0.05) is 0 Å². The zero-order chi connectivity index (χ0) is 10.6. The first-order valence-electron chi connectivity index (χ1n) is 4.13. The molecule has 0 aliphatic rings. The molecule has 0 heterocycles. The summed E-state index contributed by atoms with van der Waals surface area (Å²) in [5, 5.41) is 10.9. The molecule has 0 aliphatic carbocycles. The van der Waals surface area contributed by atoms with E-state index in [1.165, 1.54) is 0 Å². The quantitative estimate of drug-likeness (QED) is 0.697. The Bertz CT molecular complexity index is 367. The molecule has 1 unspecified atom stereocenters. The number of carboxylic acid groups (broad SMARTS) is 1. The molecule has 1 amide bonds. The minimum Gasteiger partial charge on any atom is -0.465 e. The maximum Gasteiger partial charge on any atom is 0.406 e. The van der Waals surface area contributed by atoms with E-state index in [2.05, 4.69) is 11.2 Å². The Balaban J connectivity index is 3.03. The van der Waals surface area contributed by atoms with Crippen molar-refractivity contribution >= 4 is 6.09 Å². The second-order valence-electron chi connectivity index (χ2n) is 3.07. The number of hydrogen-bond acceptors (Lipinski definition) is 1. The van der Waals surface area contributed by atoms with E-state index in [-0.39, 0.29) is 0 Å². The molecule has 3 heteroatoms. The standard InChI is InChI=1S/C11H11NO2/c1-3-11(2,12-10(13)14)9-7-5-4-6-8-9/h1,4-8,12H,2H3,(H,13,14). The molecule has 0 bridgehead atoms. The van der Waals surface area contributed by atoms with Gasteiger partial charge in [0.15, 0.2) is 0 Å². The van der Waals surface area contributed by atoms with Crippen molar-refractivity contribution < 1.29 is 9.90 Å². The minimum atomic E-state index is -1.13. The van der Waals surface area contributed by atoms with Gasteiger partial charge < -0.3 is 10.4 Å². The minimum absolute atomic E-state index is 0.755. The van der Waals surface area contributed by atoms with Crippen molar-refractivity contribution in [3.8, 4) is 12.3 Å². The van der Waals surface area contributed by atoms with Gasteiger partial charge in [-0.2, -0.15) is 0 Å². The molecule has 72 valence electrons. The molecule has 14 heavy (non-hydrogen) atoms. The third-order valence-electron chi connectivity index (χ3n) is 2.00. The van der Waals surface area contributed by atoms with Crippen LogP contribution in [-0.4, -0.2) is 11.2 Å². The number of carbonyl (C=O) groups is 1. The average molecular weight is 189 g/mol. The summed E-state index contributed by atoms with van der Waals surface area (Å²) in [4.78, 5) is 10.5. The fourth-order valence-corrected chi connectivity index (χ4v) is 1.18. The zero-order valence-electron chi connectivity index (χ0n) is 7.82. The lowest BCUT2D eigenvalue weighted by molar-refractivity contribution is 0.186. The molecule has 0 radical (unpaired) electrons. The van der Waals surface area contributed by atoms with Gasteiger partial charge in [0.25, 0.3) is 0 Å². The van der Waals surface area contributed by atoms with E-state index in [0.717, 1.165) is 5.56 Å². The Morgan fingerprint density at radius 2 is 2.07 bits per heavy atom. The first-order valence-corrected chi connectivity index (χ1v) is 4.13. The zero-order valence-corrected chi connectivity index (χ0v) is 7.82. The van der Waals surface area contributed by atoms with Crippen LogP contribution in [0.3, 0.4) is 0 Å². The van der Waals surface area contributed by atoms with E-state index in [1.807, 2.05) is 18.2 Å². The van der Waals surface area contributed by atoms with Crippen molar-refractivity contribution in [1.29, 1.82) is 0 Å². The van der Waals surface area contributed by atoms with Crippen LogP contribution in [0.2, 0.25) is 0 Å². The average Bonchev–Trinajstić information content (AvgIpc) is 2.18. The van der Waals surface area contributed by atoms with Crippen LogP contribution < -0.4 is 5.32 Å². The molecule has 1 aromatic rings. The van der Waals surface area contributed by atoms with Crippen LogP contribution in [0.4, 0.5) is 4.79 Å². The van der Waals surface area contributed by atoms with E-state index in [9.17, 15) is 4.79 Å². The second-order valence-corrected chi connectivity index (χ2v) is 3.07. The third-order valence-corrected chi connectivity index (χ3v) is 2.00. The molecule has 0 aliphatic heterocycles. The van der Waals surface area contributed by atoms with Crippen molar-refractivity contribution in [2.45, 2.75) is 12.5 Å². The molecular weight excluding hydrogens is 178 g/mol. The molecule has 0 saturated carbocycles. The highest BCUT2D eigenvalue weighted by molar-refractivity contribution is 5.67. The van der Waals surface area contributed by atoms with E-state index in [0.29, 0.717) is 0 Å². The van der Waals surface area contributed by atoms with Gasteiger partial charge in [-0.25, -0.2) is 4.79 Å². The van der Waals surface area contributed by atoms with Gasteiger partial charge in [0.2, 0.25) is 0 Å². The normalized spacial score (nSPS) is 13.7. The van der Waals surface area contributed by atoms with Crippen molar-refractivity contribution in [3.63, 3.8) is 0 Å². The predicted octanol–water partition coefficient (Wildman–Crippen LogP) is 1.80. The van der Waals surface area contributed by atoms with Gasteiger partial charge in [0.05, 0.1) is 0 Å². The SMILES string of the molecule is C#CC(C)(NC(=O)O)c1ccccc1. The molecule has 1 atom stereocenters. The monoisotopic (exact) mass is 189 g/mol. The van der Waals surface area contributed by atoms with Crippen molar-refractivity contribution in [3.05, 3.63) is 35.9 Å². The molecule has 2 N–H and O–H groups in total. The summed E-state index contributed by atoms with van der Waals surface area (Å²) >= 11 is 0. The number of benzene rings is 1. The highest BCUT2D eigenvalue weighted by Crippen LogP contribution is 2.18. The summed E-state index contributed by atoms with van der Waals surface area (Å²) in [6.45, 7) is 1.65. The van der Waals surface area contributed by atoms with E-state index < -0.39 is 11.6 Å². The first-order chi connectivity index (χ1) is 6.58. The topological polar surface area (TPSA) is 49.3 Å². The number of terminal acetylenes is 1. The third kappa shape index (κ3) is 2.05. The Hall–Kier alpha value is -1.95. The van der Waals surface area contributed by atoms with Crippen molar-refractivity contribution in [2.75, 3.05) is 0 Å². The van der Waals surface area contributed by atoms with Gasteiger partial charge >= 0.3 is 6.09 Å². The highest BCUT2D eigenvalue weighted by Gasteiger charge is 2.25. The van der Waals surface area contributed by atoms with Crippen molar-refractivity contribution in [1.82, 2.24) is 5.32 Å². The molecule has 1 aromatic carbocycles. The number of hydrogen-bond donors (Lipinski definition) is 2. The molecule has 0 spiro atoms. The lowest BCUT2D eigenvalue weighted by Gasteiger charge is -2.23. The number of nitrogens with one attached hydrogen (secondary N) is 1. The number of amides is 1. The summed E-state index contributed by atoms with van der Waals surface area (Å²) in [5.41, 5.74) is -0.211. The molecule has 3 nitrogen and oxygen atoms in total.